The van der Waals surface area contributed by atoms with Crippen LogP contribution in [-0.4, -0.2) is 24.0 Å². The minimum atomic E-state index is -0.327. The molecule has 21 heavy (non-hydrogen) atoms. The highest BCUT2D eigenvalue weighted by Crippen LogP contribution is 2.31. The van der Waals surface area contributed by atoms with Crippen molar-refractivity contribution in [2.45, 2.75) is 13.3 Å². The van der Waals surface area contributed by atoms with Crippen LogP contribution in [0.5, 0.6) is 0 Å². The summed E-state index contributed by atoms with van der Waals surface area (Å²) in [5, 5.41) is 3.15. The Morgan fingerprint density at radius 2 is 2.29 bits per heavy atom. The third kappa shape index (κ3) is 2.46. The van der Waals surface area contributed by atoms with Crippen molar-refractivity contribution in [1.29, 1.82) is 0 Å². The number of nitrogens with one attached hydrogen (secondary N) is 1. The van der Waals surface area contributed by atoms with Crippen LogP contribution in [0, 0.1) is 5.82 Å². The highest BCUT2D eigenvalue weighted by molar-refractivity contribution is 6.10. The molecule has 0 fully saturated rings. The second kappa shape index (κ2) is 5.52. The van der Waals surface area contributed by atoms with Gasteiger partial charge in [0.25, 0.3) is 5.91 Å². The lowest BCUT2D eigenvalue weighted by Crippen LogP contribution is -2.29. The number of halogens is 1. The maximum absolute atomic E-state index is 13.4. The lowest BCUT2D eigenvalue weighted by molar-refractivity contribution is 0.0990. The zero-order valence-corrected chi connectivity index (χ0v) is 11.8. The van der Waals surface area contributed by atoms with E-state index >= 15 is 0 Å². The van der Waals surface area contributed by atoms with E-state index in [0.29, 0.717) is 17.8 Å². The topological polar surface area (TPSA) is 45.2 Å². The Morgan fingerprint density at radius 3 is 3.10 bits per heavy atom. The van der Waals surface area contributed by atoms with Crippen LogP contribution >= 0.6 is 0 Å². The van der Waals surface area contributed by atoms with Crippen LogP contribution in [0.25, 0.3) is 0 Å². The third-order valence-corrected chi connectivity index (χ3v) is 3.61. The van der Waals surface area contributed by atoms with Crippen molar-refractivity contribution in [3.8, 4) is 0 Å². The molecule has 0 atom stereocenters. The first-order chi connectivity index (χ1) is 10.2. The number of pyridine rings is 1. The van der Waals surface area contributed by atoms with Crippen LogP contribution in [0.2, 0.25) is 0 Å². The van der Waals surface area contributed by atoms with E-state index in [0.717, 1.165) is 24.2 Å². The van der Waals surface area contributed by atoms with Gasteiger partial charge in [-0.3, -0.25) is 9.78 Å². The smallest absolute Gasteiger partial charge is 0.261 e. The van der Waals surface area contributed by atoms with Crippen LogP contribution in [0.3, 0.4) is 0 Å². The Labute approximate surface area is 122 Å². The zero-order chi connectivity index (χ0) is 14.8. The monoisotopic (exact) mass is 285 g/mol. The number of rotatable bonds is 3. The number of nitrogens with zero attached hydrogens (tertiary/aromatic N) is 2. The molecule has 108 valence electrons. The Kier molecular flexibility index (Phi) is 3.56. The molecule has 5 heteroatoms. The molecule has 4 nitrogen and oxygen atoms in total. The maximum Gasteiger partial charge on any atom is 0.261 e. The summed E-state index contributed by atoms with van der Waals surface area (Å²) in [7, 11) is 0. The summed E-state index contributed by atoms with van der Waals surface area (Å²) in [5.74, 6) is -0.477. The highest BCUT2D eigenvalue weighted by atomic mass is 19.1. The molecule has 1 aromatic heterocycles. The van der Waals surface area contributed by atoms with Gasteiger partial charge in [-0.1, -0.05) is 6.07 Å². The molecule has 1 N–H and O–H groups in total. The van der Waals surface area contributed by atoms with E-state index in [1.54, 1.807) is 29.4 Å². The summed E-state index contributed by atoms with van der Waals surface area (Å²) in [6.07, 6.45) is 3.95. The first kappa shape index (κ1) is 13.5. The second-order valence-electron chi connectivity index (χ2n) is 4.93. The van der Waals surface area contributed by atoms with E-state index in [2.05, 4.69) is 10.3 Å². The van der Waals surface area contributed by atoms with E-state index in [4.69, 9.17) is 0 Å². The summed E-state index contributed by atoms with van der Waals surface area (Å²) in [6.45, 7) is 3.25. The average molecular weight is 285 g/mol. The SMILES string of the molecule is CCNc1ccncc1C(=O)N1CCc2ccc(F)cc21. The van der Waals surface area contributed by atoms with E-state index in [1.807, 2.05) is 6.92 Å². The van der Waals surface area contributed by atoms with Crippen molar-refractivity contribution in [3.63, 3.8) is 0 Å². The van der Waals surface area contributed by atoms with Crippen molar-refractivity contribution < 1.29 is 9.18 Å². The number of benzene rings is 1. The molecule has 0 spiro atoms. The third-order valence-electron chi connectivity index (χ3n) is 3.61. The van der Waals surface area contributed by atoms with Crippen molar-refractivity contribution in [1.82, 2.24) is 4.98 Å². The number of fused-ring (bicyclic) bond motifs is 1. The molecule has 0 saturated carbocycles. The summed E-state index contributed by atoms with van der Waals surface area (Å²) in [6, 6.07) is 6.37. The van der Waals surface area contributed by atoms with Gasteiger partial charge in [0.05, 0.1) is 16.9 Å². The van der Waals surface area contributed by atoms with E-state index in [1.165, 1.54) is 12.1 Å². The number of anilines is 2. The van der Waals surface area contributed by atoms with Gasteiger partial charge in [0, 0.05) is 25.5 Å². The van der Waals surface area contributed by atoms with Crippen LogP contribution in [-0.2, 0) is 6.42 Å². The van der Waals surface area contributed by atoms with Crippen molar-refractivity contribution in [3.05, 3.63) is 53.6 Å². The van der Waals surface area contributed by atoms with Gasteiger partial charge in [-0.05, 0) is 37.1 Å². The molecular weight excluding hydrogens is 269 g/mol. The Balaban J connectivity index is 1.96. The molecule has 2 aromatic rings. The number of hydrogen-bond acceptors (Lipinski definition) is 3. The summed E-state index contributed by atoms with van der Waals surface area (Å²) in [4.78, 5) is 18.4. The van der Waals surface area contributed by atoms with Gasteiger partial charge < -0.3 is 10.2 Å². The van der Waals surface area contributed by atoms with Crippen molar-refractivity contribution >= 4 is 17.3 Å². The molecule has 0 aliphatic carbocycles. The maximum atomic E-state index is 13.4. The lowest BCUT2D eigenvalue weighted by atomic mass is 10.1. The minimum absolute atomic E-state index is 0.150. The largest absolute Gasteiger partial charge is 0.385 e. The second-order valence-corrected chi connectivity index (χ2v) is 4.93. The number of amides is 1. The Hall–Kier alpha value is -2.43. The summed E-state index contributed by atoms with van der Waals surface area (Å²) < 4.78 is 13.4. The summed E-state index contributed by atoms with van der Waals surface area (Å²) in [5.41, 5.74) is 2.92. The highest BCUT2D eigenvalue weighted by Gasteiger charge is 2.27. The molecule has 0 unspecified atom stereocenters. The van der Waals surface area contributed by atoms with E-state index in [-0.39, 0.29) is 11.7 Å². The van der Waals surface area contributed by atoms with Crippen molar-refractivity contribution in [2.75, 3.05) is 23.3 Å². The van der Waals surface area contributed by atoms with E-state index in [9.17, 15) is 9.18 Å². The quantitative estimate of drug-likeness (QED) is 0.943. The standard InChI is InChI=1S/C16H16FN3O/c1-2-19-14-5-7-18-10-13(14)16(21)20-8-6-11-3-4-12(17)9-15(11)20/h3-5,7,9-10H,2,6,8H2,1H3,(H,18,19). The molecule has 2 heterocycles. The Morgan fingerprint density at radius 1 is 1.43 bits per heavy atom. The predicted molar refractivity (Wildman–Crippen MR) is 80.2 cm³/mol. The van der Waals surface area contributed by atoms with Gasteiger partial charge in [0.15, 0.2) is 0 Å². The predicted octanol–water partition coefficient (Wildman–Crippen LogP) is 2.86. The minimum Gasteiger partial charge on any atom is -0.385 e. The molecule has 1 aliphatic rings. The van der Waals surface area contributed by atoms with E-state index < -0.39 is 0 Å². The molecule has 3 rings (SSSR count). The van der Waals surface area contributed by atoms with Gasteiger partial charge in [0.2, 0.25) is 0 Å². The normalized spacial score (nSPS) is 13.1. The van der Waals surface area contributed by atoms with Gasteiger partial charge >= 0.3 is 0 Å². The van der Waals surface area contributed by atoms with Gasteiger partial charge in [0.1, 0.15) is 5.82 Å². The van der Waals surface area contributed by atoms with Gasteiger partial charge in [-0.25, -0.2) is 4.39 Å². The first-order valence-electron chi connectivity index (χ1n) is 6.99. The number of hydrogen-bond donors (Lipinski definition) is 1. The van der Waals surface area contributed by atoms with Crippen LogP contribution in [0.4, 0.5) is 15.8 Å². The van der Waals surface area contributed by atoms with Gasteiger partial charge in [-0.15, -0.1) is 0 Å². The number of carbonyl (C=O) groups excluding carboxylic acids is 1. The fourth-order valence-corrected chi connectivity index (χ4v) is 2.62. The average Bonchev–Trinajstić information content (AvgIpc) is 2.90. The molecule has 0 saturated heterocycles. The fraction of sp³-hybridized carbons (Fsp3) is 0.250. The van der Waals surface area contributed by atoms with Gasteiger partial charge in [-0.2, -0.15) is 0 Å². The zero-order valence-electron chi connectivity index (χ0n) is 11.8. The van der Waals surface area contributed by atoms with Crippen LogP contribution < -0.4 is 10.2 Å². The number of aromatic nitrogens is 1. The van der Waals surface area contributed by atoms with Crippen LogP contribution in [0.1, 0.15) is 22.8 Å². The molecule has 1 aliphatic heterocycles. The molecule has 0 bridgehead atoms. The molecule has 0 radical (unpaired) electrons. The Bertz CT molecular complexity index is 687. The molecule has 1 aromatic carbocycles. The summed E-state index contributed by atoms with van der Waals surface area (Å²) >= 11 is 0. The van der Waals surface area contributed by atoms with Crippen molar-refractivity contribution in [2.24, 2.45) is 0 Å². The fourth-order valence-electron chi connectivity index (χ4n) is 2.62. The molecule has 1 amide bonds. The first-order valence-corrected chi connectivity index (χ1v) is 6.99. The number of carbonyl (C=O) groups is 1. The van der Waals surface area contributed by atoms with Crippen LogP contribution in [0.15, 0.2) is 36.7 Å². The lowest BCUT2D eigenvalue weighted by Gasteiger charge is -2.19. The molecular formula is C16H16FN3O.